The van der Waals surface area contributed by atoms with E-state index < -0.39 is 0 Å². The molecule has 3 fully saturated rings. The molecule has 1 aromatic carbocycles. The molecule has 2 aromatic rings. The van der Waals surface area contributed by atoms with Gasteiger partial charge < -0.3 is 14.3 Å². The number of piperidine rings is 1. The fourth-order valence-electron chi connectivity index (χ4n) is 3.89. The third-order valence-corrected chi connectivity index (χ3v) is 5.72. The number of anilines is 1. The number of benzene rings is 1. The van der Waals surface area contributed by atoms with E-state index in [1.165, 1.54) is 0 Å². The second kappa shape index (κ2) is 6.48. The predicted octanol–water partition coefficient (Wildman–Crippen LogP) is 2.59. The van der Waals surface area contributed by atoms with Crippen molar-refractivity contribution in [1.82, 2.24) is 15.0 Å². The van der Waals surface area contributed by atoms with Crippen molar-refractivity contribution in [3.05, 3.63) is 30.2 Å². The molecule has 2 amide bonds. The first-order valence-corrected chi connectivity index (χ1v) is 9.72. The van der Waals surface area contributed by atoms with E-state index in [2.05, 4.69) is 10.1 Å². The highest BCUT2D eigenvalue weighted by atomic mass is 16.5. The first-order chi connectivity index (χ1) is 13.2. The zero-order chi connectivity index (χ0) is 18.4. The number of rotatable bonds is 4. The van der Waals surface area contributed by atoms with Gasteiger partial charge in [0, 0.05) is 43.2 Å². The molecule has 7 nitrogen and oxygen atoms in total. The van der Waals surface area contributed by atoms with Crippen molar-refractivity contribution in [2.45, 2.75) is 38.0 Å². The molecule has 2 aliphatic heterocycles. The predicted molar refractivity (Wildman–Crippen MR) is 98.0 cm³/mol. The third-order valence-electron chi connectivity index (χ3n) is 5.72. The van der Waals surface area contributed by atoms with Gasteiger partial charge in [0.15, 0.2) is 0 Å². The molecule has 0 N–H and O–H groups in total. The highest BCUT2D eigenvalue weighted by molar-refractivity contribution is 5.99. The monoisotopic (exact) mass is 366 g/mol. The number of β-lactam (4-membered cyclic amide) rings is 1. The topological polar surface area (TPSA) is 79.5 Å². The molecule has 0 spiro atoms. The highest BCUT2D eigenvalue weighted by Gasteiger charge is 2.36. The van der Waals surface area contributed by atoms with Crippen LogP contribution in [0, 0.1) is 5.92 Å². The molecular formula is C20H22N4O3. The van der Waals surface area contributed by atoms with Gasteiger partial charge in [-0.15, -0.1) is 0 Å². The van der Waals surface area contributed by atoms with Crippen LogP contribution >= 0.6 is 0 Å². The number of aromatic nitrogens is 2. The van der Waals surface area contributed by atoms with Gasteiger partial charge in [-0.05, 0) is 37.8 Å². The minimum atomic E-state index is 0.0999. The van der Waals surface area contributed by atoms with E-state index in [4.69, 9.17) is 4.52 Å². The Balaban J connectivity index is 1.33. The van der Waals surface area contributed by atoms with Gasteiger partial charge in [0.2, 0.25) is 23.5 Å². The molecule has 1 saturated carbocycles. The summed E-state index contributed by atoms with van der Waals surface area (Å²) in [6.45, 7) is 2.25. The van der Waals surface area contributed by atoms with Crippen LogP contribution in [0.1, 0.15) is 43.9 Å². The van der Waals surface area contributed by atoms with Crippen molar-refractivity contribution in [2.24, 2.45) is 5.92 Å². The number of likely N-dealkylation sites (tertiary alicyclic amines) is 1. The average Bonchev–Trinajstić information content (AvgIpc) is 3.42. The summed E-state index contributed by atoms with van der Waals surface area (Å²) in [7, 11) is 0. The van der Waals surface area contributed by atoms with Crippen molar-refractivity contribution in [2.75, 3.05) is 24.5 Å². The van der Waals surface area contributed by atoms with Gasteiger partial charge in [0.1, 0.15) is 0 Å². The Hall–Kier alpha value is -2.70. The molecule has 1 aliphatic carbocycles. The minimum Gasteiger partial charge on any atom is -0.342 e. The van der Waals surface area contributed by atoms with Crippen molar-refractivity contribution in [3.8, 4) is 11.4 Å². The van der Waals surface area contributed by atoms with Crippen LogP contribution in [-0.2, 0) is 9.59 Å². The first kappa shape index (κ1) is 16.5. The molecule has 140 valence electrons. The molecule has 2 saturated heterocycles. The molecule has 1 atom stereocenters. The third kappa shape index (κ3) is 3.11. The normalized spacial score (nSPS) is 22.7. The summed E-state index contributed by atoms with van der Waals surface area (Å²) in [5.74, 6) is 1.90. The maximum atomic E-state index is 12.4. The quantitative estimate of drug-likeness (QED) is 0.777. The Morgan fingerprint density at radius 2 is 2.07 bits per heavy atom. The Kier molecular flexibility index (Phi) is 3.95. The number of carbonyl (C=O) groups is 2. The summed E-state index contributed by atoms with van der Waals surface area (Å²) < 4.78 is 5.54. The van der Waals surface area contributed by atoms with Gasteiger partial charge in [-0.25, -0.2) is 0 Å². The van der Waals surface area contributed by atoms with Crippen LogP contribution < -0.4 is 4.90 Å². The van der Waals surface area contributed by atoms with E-state index in [0.717, 1.165) is 50.0 Å². The number of amides is 2. The molecule has 1 unspecified atom stereocenters. The summed E-state index contributed by atoms with van der Waals surface area (Å²) >= 11 is 0. The van der Waals surface area contributed by atoms with E-state index in [9.17, 15) is 9.59 Å². The van der Waals surface area contributed by atoms with Crippen molar-refractivity contribution in [3.63, 3.8) is 0 Å². The van der Waals surface area contributed by atoms with Crippen LogP contribution in [0.15, 0.2) is 28.8 Å². The second-order valence-electron chi connectivity index (χ2n) is 7.70. The fraction of sp³-hybridized carbons (Fsp3) is 0.500. The molecule has 7 heteroatoms. The lowest BCUT2D eigenvalue weighted by Crippen LogP contribution is -2.43. The highest BCUT2D eigenvalue weighted by Crippen LogP contribution is 2.34. The fourth-order valence-corrected chi connectivity index (χ4v) is 3.89. The standard InChI is InChI=1S/C20H22N4O3/c25-17-8-10-24(17)16-5-1-3-14(11-16)18-21-19(27-22-18)15-4-2-9-23(12-15)20(26)13-6-7-13/h1,3,5,11,13,15H,2,4,6-10,12H2. The molecule has 1 aromatic heterocycles. The molecule has 5 rings (SSSR count). The number of nitrogens with zero attached hydrogens (tertiary/aromatic N) is 4. The van der Waals surface area contributed by atoms with Gasteiger partial charge in [0.25, 0.3) is 0 Å². The maximum Gasteiger partial charge on any atom is 0.231 e. The summed E-state index contributed by atoms with van der Waals surface area (Å²) in [5, 5.41) is 4.15. The van der Waals surface area contributed by atoms with E-state index in [1.54, 1.807) is 4.90 Å². The Morgan fingerprint density at radius 1 is 1.19 bits per heavy atom. The summed E-state index contributed by atoms with van der Waals surface area (Å²) in [6.07, 6.45) is 4.58. The average molecular weight is 366 g/mol. The van der Waals surface area contributed by atoms with E-state index in [-0.39, 0.29) is 23.7 Å². The van der Waals surface area contributed by atoms with E-state index >= 15 is 0 Å². The zero-order valence-electron chi connectivity index (χ0n) is 15.1. The Bertz CT molecular complexity index is 889. The lowest BCUT2D eigenvalue weighted by atomic mass is 9.97. The summed E-state index contributed by atoms with van der Waals surface area (Å²) in [6, 6.07) is 7.68. The van der Waals surface area contributed by atoms with Crippen LogP contribution in [0.4, 0.5) is 5.69 Å². The van der Waals surface area contributed by atoms with Gasteiger partial charge in [0.05, 0.1) is 5.92 Å². The number of carbonyl (C=O) groups excluding carboxylic acids is 2. The molecular weight excluding hydrogens is 344 g/mol. The van der Waals surface area contributed by atoms with Gasteiger partial charge >= 0.3 is 0 Å². The second-order valence-corrected chi connectivity index (χ2v) is 7.70. The largest absolute Gasteiger partial charge is 0.342 e. The SMILES string of the molecule is O=C(C1CC1)N1CCCC(c2nc(-c3cccc(N4CCC4=O)c3)no2)C1. The minimum absolute atomic E-state index is 0.0999. The molecule has 3 aliphatic rings. The van der Waals surface area contributed by atoms with Crippen LogP contribution in [0.5, 0.6) is 0 Å². The molecule has 3 heterocycles. The van der Waals surface area contributed by atoms with Crippen LogP contribution in [0.3, 0.4) is 0 Å². The van der Waals surface area contributed by atoms with Crippen molar-refractivity contribution in [1.29, 1.82) is 0 Å². The first-order valence-electron chi connectivity index (χ1n) is 9.72. The van der Waals surface area contributed by atoms with Gasteiger partial charge in [-0.1, -0.05) is 17.3 Å². The van der Waals surface area contributed by atoms with Crippen LogP contribution in [0.25, 0.3) is 11.4 Å². The van der Waals surface area contributed by atoms with E-state index in [1.807, 2.05) is 29.2 Å². The Morgan fingerprint density at radius 3 is 2.81 bits per heavy atom. The number of hydrogen-bond acceptors (Lipinski definition) is 5. The van der Waals surface area contributed by atoms with E-state index in [0.29, 0.717) is 24.7 Å². The zero-order valence-corrected chi connectivity index (χ0v) is 15.1. The smallest absolute Gasteiger partial charge is 0.231 e. The van der Waals surface area contributed by atoms with Crippen molar-refractivity contribution < 1.29 is 14.1 Å². The lowest BCUT2D eigenvalue weighted by Gasteiger charge is -2.31. The number of hydrogen-bond donors (Lipinski definition) is 0. The van der Waals surface area contributed by atoms with Gasteiger partial charge in [-0.2, -0.15) is 4.98 Å². The molecule has 0 bridgehead atoms. The van der Waals surface area contributed by atoms with Crippen LogP contribution in [0.2, 0.25) is 0 Å². The molecule has 27 heavy (non-hydrogen) atoms. The lowest BCUT2D eigenvalue weighted by molar-refractivity contribution is -0.133. The summed E-state index contributed by atoms with van der Waals surface area (Å²) in [4.78, 5) is 32.3. The van der Waals surface area contributed by atoms with Crippen LogP contribution in [-0.4, -0.2) is 46.5 Å². The van der Waals surface area contributed by atoms with Crippen molar-refractivity contribution >= 4 is 17.5 Å². The maximum absolute atomic E-state index is 12.4. The summed E-state index contributed by atoms with van der Waals surface area (Å²) in [5.41, 5.74) is 1.71. The molecule has 0 radical (unpaired) electrons. The Labute approximate surface area is 157 Å². The van der Waals surface area contributed by atoms with Gasteiger partial charge in [-0.3, -0.25) is 9.59 Å².